The van der Waals surface area contributed by atoms with Crippen molar-refractivity contribution in [1.82, 2.24) is 20.0 Å². The Morgan fingerprint density at radius 2 is 1.87 bits per heavy atom. The maximum Gasteiger partial charge on any atom is 0.232 e. The largest absolute Gasteiger partial charge is 0.339 e. The van der Waals surface area contributed by atoms with Crippen LogP contribution in [0.1, 0.15) is 28.9 Å². The van der Waals surface area contributed by atoms with Crippen LogP contribution in [-0.4, -0.2) is 33.1 Å². The van der Waals surface area contributed by atoms with Gasteiger partial charge in [0.15, 0.2) is 5.82 Å². The molecule has 1 fully saturated rings. The summed E-state index contributed by atoms with van der Waals surface area (Å²) in [5.74, 6) is 1.86. The normalized spacial score (nSPS) is 15.5. The van der Waals surface area contributed by atoms with Crippen LogP contribution < -0.4 is 0 Å². The maximum absolute atomic E-state index is 5.44. The SMILES string of the molecule is c1ccc(Cc2noc(C3CN(Cc4ccccn4)C3)n2)cc1. The van der Waals surface area contributed by atoms with Gasteiger partial charge in [0, 0.05) is 32.3 Å². The number of rotatable bonds is 5. The Morgan fingerprint density at radius 1 is 1.04 bits per heavy atom. The molecule has 0 unspecified atom stereocenters. The molecule has 0 aliphatic carbocycles. The fourth-order valence-corrected chi connectivity index (χ4v) is 2.86. The fourth-order valence-electron chi connectivity index (χ4n) is 2.86. The van der Waals surface area contributed by atoms with Crippen LogP contribution in [-0.2, 0) is 13.0 Å². The van der Waals surface area contributed by atoms with Gasteiger partial charge in [0.25, 0.3) is 0 Å². The summed E-state index contributed by atoms with van der Waals surface area (Å²) in [5.41, 5.74) is 2.30. The molecule has 4 rings (SSSR count). The van der Waals surface area contributed by atoms with E-state index in [0.29, 0.717) is 12.3 Å². The van der Waals surface area contributed by atoms with Crippen molar-refractivity contribution in [2.45, 2.75) is 18.9 Å². The number of hydrogen-bond acceptors (Lipinski definition) is 5. The molecule has 3 aromatic rings. The maximum atomic E-state index is 5.44. The minimum atomic E-state index is 0.343. The molecule has 1 aliphatic rings. The summed E-state index contributed by atoms with van der Waals surface area (Å²) >= 11 is 0. The van der Waals surface area contributed by atoms with E-state index in [0.717, 1.165) is 37.0 Å². The van der Waals surface area contributed by atoms with Gasteiger partial charge < -0.3 is 4.52 Å². The van der Waals surface area contributed by atoms with Gasteiger partial charge in [0.2, 0.25) is 5.89 Å². The molecule has 3 heterocycles. The van der Waals surface area contributed by atoms with Gasteiger partial charge in [-0.05, 0) is 17.7 Å². The van der Waals surface area contributed by atoms with Crippen molar-refractivity contribution in [2.75, 3.05) is 13.1 Å². The molecule has 2 aromatic heterocycles. The van der Waals surface area contributed by atoms with Gasteiger partial charge >= 0.3 is 0 Å². The number of aromatic nitrogens is 3. The topological polar surface area (TPSA) is 55.1 Å². The molecule has 23 heavy (non-hydrogen) atoms. The number of pyridine rings is 1. The summed E-state index contributed by atoms with van der Waals surface area (Å²) in [6.07, 6.45) is 2.55. The zero-order valence-electron chi connectivity index (χ0n) is 12.8. The second-order valence-electron chi connectivity index (χ2n) is 5.92. The van der Waals surface area contributed by atoms with Gasteiger partial charge in [0.05, 0.1) is 11.6 Å². The lowest BCUT2D eigenvalue weighted by molar-refractivity contribution is 0.116. The highest BCUT2D eigenvalue weighted by Gasteiger charge is 2.32. The van der Waals surface area contributed by atoms with Gasteiger partial charge in [-0.2, -0.15) is 4.98 Å². The molecule has 1 aromatic carbocycles. The first-order valence-corrected chi connectivity index (χ1v) is 7.85. The van der Waals surface area contributed by atoms with Gasteiger partial charge in [0.1, 0.15) is 0 Å². The summed E-state index contributed by atoms with van der Waals surface area (Å²) < 4.78 is 5.44. The molecule has 116 valence electrons. The van der Waals surface area contributed by atoms with Crippen LogP contribution in [0.15, 0.2) is 59.3 Å². The average molecular weight is 306 g/mol. The highest BCUT2D eigenvalue weighted by Crippen LogP contribution is 2.27. The third-order valence-corrected chi connectivity index (χ3v) is 4.11. The lowest BCUT2D eigenvalue weighted by Crippen LogP contribution is -2.44. The third-order valence-electron chi connectivity index (χ3n) is 4.11. The van der Waals surface area contributed by atoms with Crippen LogP contribution in [0.2, 0.25) is 0 Å². The van der Waals surface area contributed by atoms with Crippen LogP contribution in [0.4, 0.5) is 0 Å². The lowest BCUT2D eigenvalue weighted by atomic mass is 10.00. The lowest BCUT2D eigenvalue weighted by Gasteiger charge is -2.36. The first kappa shape index (κ1) is 14.1. The second-order valence-corrected chi connectivity index (χ2v) is 5.92. The van der Waals surface area contributed by atoms with Crippen LogP contribution in [0.3, 0.4) is 0 Å². The molecule has 0 amide bonds. The van der Waals surface area contributed by atoms with E-state index < -0.39 is 0 Å². The van der Waals surface area contributed by atoms with Crippen LogP contribution in [0.5, 0.6) is 0 Å². The Bertz CT molecular complexity index is 751. The monoisotopic (exact) mass is 306 g/mol. The second kappa shape index (κ2) is 6.30. The fraction of sp³-hybridized carbons (Fsp3) is 0.278. The van der Waals surface area contributed by atoms with Gasteiger partial charge in [-0.15, -0.1) is 0 Å². The van der Waals surface area contributed by atoms with Crippen molar-refractivity contribution in [3.8, 4) is 0 Å². The number of benzene rings is 1. The highest BCUT2D eigenvalue weighted by atomic mass is 16.5. The summed E-state index contributed by atoms with van der Waals surface area (Å²) in [6.45, 7) is 2.77. The summed E-state index contributed by atoms with van der Waals surface area (Å²) in [7, 11) is 0. The first-order valence-electron chi connectivity index (χ1n) is 7.85. The van der Waals surface area contributed by atoms with E-state index in [1.165, 1.54) is 5.56 Å². The van der Waals surface area contributed by atoms with Crippen molar-refractivity contribution >= 4 is 0 Å². The molecule has 0 spiro atoms. The summed E-state index contributed by atoms with van der Waals surface area (Å²) in [4.78, 5) is 11.2. The van der Waals surface area contributed by atoms with Gasteiger partial charge in [-0.1, -0.05) is 41.6 Å². The van der Waals surface area contributed by atoms with Crippen molar-refractivity contribution in [1.29, 1.82) is 0 Å². The van der Waals surface area contributed by atoms with Crippen LogP contribution in [0, 0.1) is 0 Å². The molecule has 0 bridgehead atoms. The Labute approximate surface area is 135 Å². The van der Waals surface area contributed by atoms with Crippen molar-refractivity contribution < 1.29 is 4.52 Å². The molecule has 5 nitrogen and oxygen atoms in total. The number of likely N-dealkylation sites (tertiary alicyclic amines) is 1. The summed E-state index contributed by atoms with van der Waals surface area (Å²) in [6, 6.07) is 16.2. The van der Waals surface area contributed by atoms with Gasteiger partial charge in [-0.25, -0.2) is 0 Å². The summed E-state index contributed by atoms with van der Waals surface area (Å²) in [5, 5.41) is 4.11. The molecular formula is C18H18N4O. The zero-order valence-corrected chi connectivity index (χ0v) is 12.8. The third kappa shape index (κ3) is 3.29. The predicted molar refractivity (Wildman–Crippen MR) is 85.8 cm³/mol. The van der Waals surface area contributed by atoms with Crippen LogP contribution >= 0.6 is 0 Å². The van der Waals surface area contributed by atoms with Crippen molar-refractivity contribution in [2.24, 2.45) is 0 Å². The predicted octanol–water partition coefficient (Wildman–Crippen LogP) is 2.65. The highest BCUT2D eigenvalue weighted by molar-refractivity contribution is 5.18. The Balaban J connectivity index is 1.32. The van der Waals surface area contributed by atoms with Crippen LogP contribution in [0.25, 0.3) is 0 Å². The first-order chi connectivity index (χ1) is 11.4. The zero-order chi connectivity index (χ0) is 15.5. The van der Waals surface area contributed by atoms with E-state index in [-0.39, 0.29) is 0 Å². The minimum Gasteiger partial charge on any atom is -0.339 e. The molecule has 1 aliphatic heterocycles. The Kier molecular flexibility index (Phi) is 3.86. The molecule has 0 N–H and O–H groups in total. The van der Waals surface area contributed by atoms with E-state index in [1.54, 1.807) is 0 Å². The minimum absolute atomic E-state index is 0.343. The van der Waals surface area contributed by atoms with Crippen molar-refractivity contribution in [3.63, 3.8) is 0 Å². The smallest absolute Gasteiger partial charge is 0.232 e. The molecule has 1 saturated heterocycles. The Hall–Kier alpha value is -2.53. The Morgan fingerprint density at radius 3 is 2.65 bits per heavy atom. The molecule has 0 radical (unpaired) electrons. The number of nitrogens with zero attached hydrogens (tertiary/aromatic N) is 4. The quantitative estimate of drug-likeness (QED) is 0.725. The van der Waals surface area contributed by atoms with E-state index in [2.05, 4.69) is 38.2 Å². The standard InChI is InChI=1S/C18H18N4O/c1-2-6-14(7-3-1)10-17-20-18(23-21-17)15-11-22(12-15)13-16-8-4-5-9-19-16/h1-9,15H,10-13H2. The molecule has 5 heteroatoms. The van der Waals surface area contributed by atoms with E-state index >= 15 is 0 Å². The van der Waals surface area contributed by atoms with Gasteiger partial charge in [-0.3, -0.25) is 9.88 Å². The molecular weight excluding hydrogens is 288 g/mol. The van der Waals surface area contributed by atoms with E-state index in [1.807, 2.05) is 36.5 Å². The van der Waals surface area contributed by atoms with Crippen molar-refractivity contribution in [3.05, 3.63) is 77.7 Å². The molecule has 0 atom stereocenters. The van der Waals surface area contributed by atoms with E-state index in [4.69, 9.17) is 4.52 Å². The average Bonchev–Trinajstić information content (AvgIpc) is 3.00. The molecule has 0 saturated carbocycles. The van der Waals surface area contributed by atoms with E-state index in [9.17, 15) is 0 Å². The number of hydrogen-bond donors (Lipinski definition) is 0.